The van der Waals surface area contributed by atoms with E-state index >= 15 is 0 Å². The normalized spacial score (nSPS) is 10.2. The molecular formula is C13H14FN3O2. The molecule has 0 saturated heterocycles. The minimum Gasteiger partial charge on any atom is -0.491 e. The summed E-state index contributed by atoms with van der Waals surface area (Å²) in [6, 6.07) is 6.19. The lowest BCUT2D eigenvalue weighted by Gasteiger charge is -2.06. The summed E-state index contributed by atoms with van der Waals surface area (Å²) < 4.78 is 18.5. The highest BCUT2D eigenvalue weighted by molar-refractivity contribution is 5.90. The number of para-hydroxylation sites is 1. The van der Waals surface area contributed by atoms with E-state index in [1.165, 1.54) is 12.3 Å². The zero-order chi connectivity index (χ0) is 13.5. The van der Waals surface area contributed by atoms with Crippen LogP contribution in [0.5, 0.6) is 5.75 Å². The van der Waals surface area contributed by atoms with Crippen molar-refractivity contribution in [2.45, 2.75) is 12.8 Å². The smallest absolute Gasteiger partial charge is 0.224 e. The summed E-state index contributed by atoms with van der Waals surface area (Å²) in [7, 11) is 0. The standard InChI is InChI=1S/C13H14FN3O2/c14-11-4-1-2-5-12(11)19-7-3-6-13(18)17-10-8-15-16-9-10/h1-2,4-5,8-9H,3,6-7H2,(H,15,16)(H,17,18). The predicted molar refractivity (Wildman–Crippen MR) is 68.3 cm³/mol. The summed E-state index contributed by atoms with van der Waals surface area (Å²) in [5.41, 5.74) is 0.625. The number of nitrogens with zero attached hydrogens (tertiary/aromatic N) is 1. The van der Waals surface area contributed by atoms with Crippen LogP contribution in [0.2, 0.25) is 0 Å². The van der Waals surface area contributed by atoms with E-state index in [0.717, 1.165) is 0 Å². The Bertz CT molecular complexity index is 528. The SMILES string of the molecule is O=C(CCCOc1ccccc1F)Nc1cn[nH]c1. The Morgan fingerprint density at radius 2 is 2.26 bits per heavy atom. The van der Waals surface area contributed by atoms with Crippen LogP contribution in [0.4, 0.5) is 10.1 Å². The molecule has 1 aromatic carbocycles. The van der Waals surface area contributed by atoms with Gasteiger partial charge in [0, 0.05) is 12.6 Å². The minimum absolute atomic E-state index is 0.126. The van der Waals surface area contributed by atoms with Gasteiger partial charge in [-0.05, 0) is 18.6 Å². The lowest BCUT2D eigenvalue weighted by Crippen LogP contribution is -2.12. The molecule has 100 valence electrons. The minimum atomic E-state index is -0.398. The number of aromatic nitrogens is 2. The van der Waals surface area contributed by atoms with Crippen molar-refractivity contribution in [3.05, 3.63) is 42.5 Å². The van der Waals surface area contributed by atoms with Crippen LogP contribution in [-0.2, 0) is 4.79 Å². The van der Waals surface area contributed by atoms with Gasteiger partial charge in [-0.15, -0.1) is 0 Å². The lowest BCUT2D eigenvalue weighted by atomic mass is 10.3. The largest absolute Gasteiger partial charge is 0.491 e. The zero-order valence-electron chi connectivity index (χ0n) is 10.2. The second-order valence-electron chi connectivity index (χ2n) is 3.92. The summed E-state index contributed by atoms with van der Waals surface area (Å²) in [6.45, 7) is 0.291. The summed E-state index contributed by atoms with van der Waals surface area (Å²) in [5, 5.41) is 8.98. The van der Waals surface area contributed by atoms with E-state index in [0.29, 0.717) is 25.1 Å². The van der Waals surface area contributed by atoms with Gasteiger partial charge in [0.15, 0.2) is 11.6 Å². The Hall–Kier alpha value is -2.37. The van der Waals surface area contributed by atoms with Crippen LogP contribution in [0.25, 0.3) is 0 Å². The van der Waals surface area contributed by atoms with Crippen molar-refractivity contribution in [3.8, 4) is 5.75 Å². The quantitative estimate of drug-likeness (QED) is 0.786. The summed E-state index contributed by atoms with van der Waals surface area (Å²) in [5.74, 6) is -0.318. The molecule has 6 heteroatoms. The Balaban J connectivity index is 1.67. The molecule has 0 aliphatic heterocycles. The van der Waals surface area contributed by atoms with Crippen molar-refractivity contribution < 1.29 is 13.9 Å². The lowest BCUT2D eigenvalue weighted by molar-refractivity contribution is -0.116. The number of benzene rings is 1. The van der Waals surface area contributed by atoms with E-state index in [1.807, 2.05) is 0 Å². The van der Waals surface area contributed by atoms with Crippen LogP contribution < -0.4 is 10.1 Å². The molecule has 1 heterocycles. The van der Waals surface area contributed by atoms with Gasteiger partial charge in [0.25, 0.3) is 0 Å². The van der Waals surface area contributed by atoms with E-state index in [1.54, 1.807) is 24.4 Å². The second-order valence-corrected chi connectivity index (χ2v) is 3.92. The summed E-state index contributed by atoms with van der Waals surface area (Å²) in [4.78, 5) is 11.5. The highest BCUT2D eigenvalue weighted by atomic mass is 19.1. The van der Waals surface area contributed by atoms with Crippen molar-refractivity contribution in [1.82, 2.24) is 10.2 Å². The molecule has 19 heavy (non-hydrogen) atoms. The predicted octanol–water partition coefficient (Wildman–Crippen LogP) is 2.35. The molecule has 0 fully saturated rings. The number of H-pyrrole nitrogens is 1. The van der Waals surface area contributed by atoms with Crippen LogP contribution in [0.15, 0.2) is 36.7 Å². The first-order valence-corrected chi connectivity index (χ1v) is 5.91. The van der Waals surface area contributed by atoms with E-state index in [4.69, 9.17) is 4.74 Å². The van der Waals surface area contributed by atoms with E-state index < -0.39 is 5.82 Å². The Morgan fingerprint density at radius 3 is 3.00 bits per heavy atom. The van der Waals surface area contributed by atoms with Crippen molar-refractivity contribution >= 4 is 11.6 Å². The molecule has 0 aliphatic rings. The molecule has 2 N–H and O–H groups in total. The molecule has 0 atom stereocenters. The van der Waals surface area contributed by atoms with E-state index in [-0.39, 0.29) is 11.7 Å². The average Bonchev–Trinajstić information content (AvgIpc) is 2.89. The molecule has 0 unspecified atom stereocenters. The van der Waals surface area contributed by atoms with Crippen molar-refractivity contribution in [2.24, 2.45) is 0 Å². The van der Waals surface area contributed by atoms with Gasteiger partial charge in [0.1, 0.15) is 0 Å². The molecule has 0 spiro atoms. The zero-order valence-corrected chi connectivity index (χ0v) is 10.2. The third kappa shape index (κ3) is 4.09. The second kappa shape index (κ2) is 6.53. The number of carbonyl (C=O) groups is 1. The van der Waals surface area contributed by atoms with Crippen LogP contribution in [0.3, 0.4) is 0 Å². The molecule has 5 nitrogen and oxygen atoms in total. The number of halogens is 1. The van der Waals surface area contributed by atoms with Gasteiger partial charge in [0.2, 0.25) is 5.91 Å². The van der Waals surface area contributed by atoms with Crippen LogP contribution in [-0.4, -0.2) is 22.7 Å². The van der Waals surface area contributed by atoms with Gasteiger partial charge in [-0.3, -0.25) is 9.89 Å². The maximum atomic E-state index is 13.2. The molecule has 0 bridgehead atoms. The molecule has 2 rings (SSSR count). The summed E-state index contributed by atoms with van der Waals surface area (Å²) in [6.07, 6.45) is 3.93. The maximum absolute atomic E-state index is 13.2. The van der Waals surface area contributed by atoms with Gasteiger partial charge in [-0.1, -0.05) is 12.1 Å². The number of hydrogen-bond acceptors (Lipinski definition) is 3. The van der Waals surface area contributed by atoms with Crippen LogP contribution in [0, 0.1) is 5.82 Å². The third-order valence-electron chi connectivity index (χ3n) is 2.42. The number of rotatable bonds is 6. The number of carbonyl (C=O) groups excluding carboxylic acids is 1. The molecule has 0 radical (unpaired) electrons. The molecule has 0 saturated carbocycles. The van der Waals surface area contributed by atoms with Gasteiger partial charge >= 0.3 is 0 Å². The number of nitrogens with one attached hydrogen (secondary N) is 2. The van der Waals surface area contributed by atoms with Gasteiger partial charge in [0.05, 0.1) is 18.5 Å². The van der Waals surface area contributed by atoms with Crippen molar-refractivity contribution in [2.75, 3.05) is 11.9 Å². The van der Waals surface area contributed by atoms with Crippen LogP contribution in [0.1, 0.15) is 12.8 Å². The monoisotopic (exact) mass is 263 g/mol. The Labute approximate surface area is 109 Å². The fraction of sp³-hybridized carbons (Fsp3) is 0.231. The Morgan fingerprint density at radius 1 is 1.42 bits per heavy atom. The van der Waals surface area contributed by atoms with E-state index in [9.17, 15) is 9.18 Å². The Kier molecular flexibility index (Phi) is 4.49. The fourth-order valence-electron chi connectivity index (χ4n) is 1.52. The van der Waals surface area contributed by atoms with Crippen molar-refractivity contribution in [3.63, 3.8) is 0 Å². The fourth-order valence-corrected chi connectivity index (χ4v) is 1.52. The third-order valence-corrected chi connectivity index (χ3v) is 2.42. The highest BCUT2D eigenvalue weighted by Gasteiger charge is 2.04. The highest BCUT2D eigenvalue weighted by Crippen LogP contribution is 2.15. The maximum Gasteiger partial charge on any atom is 0.224 e. The molecule has 2 aromatic rings. The topological polar surface area (TPSA) is 67.0 Å². The number of ether oxygens (including phenoxy) is 1. The van der Waals surface area contributed by atoms with E-state index in [2.05, 4.69) is 15.5 Å². The number of hydrogen-bond donors (Lipinski definition) is 2. The number of anilines is 1. The molecule has 0 aliphatic carbocycles. The van der Waals surface area contributed by atoms with Crippen molar-refractivity contribution in [1.29, 1.82) is 0 Å². The number of amides is 1. The van der Waals surface area contributed by atoms with Gasteiger partial charge in [-0.25, -0.2) is 4.39 Å². The first kappa shape index (κ1) is 13.1. The van der Waals surface area contributed by atoms with Crippen LogP contribution >= 0.6 is 0 Å². The summed E-state index contributed by atoms with van der Waals surface area (Å²) >= 11 is 0. The first-order valence-electron chi connectivity index (χ1n) is 5.91. The van der Waals surface area contributed by atoms with Gasteiger partial charge in [-0.2, -0.15) is 5.10 Å². The molecular weight excluding hydrogens is 249 g/mol. The average molecular weight is 263 g/mol. The first-order chi connectivity index (χ1) is 9.25. The molecule has 1 amide bonds. The molecule has 1 aromatic heterocycles. The number of aromatic amines is 1. The van der Waals surface area contributed by atoms with Gasteiger partial charge < -0.3 is 10.1 Å².